The van der Waals surface area contributed by atoms with Crippen LogP contribution in [0.2, 0.25) is 0 Å². The molecular weight excluding hydrogens is 470 g/mol. The first-order chi connectivity index (χ1) is 17.1. The van der Waals surface area contributed by atoms with Crippen molar-refractivity contribution in [3.8, 4) is 11.4 Å². The van der Waals surface area contributed by atoms with E-state index in [-0.39, 0.29) is 5.56 Å². The van der Waals surface area contributed by atoms with Gasteiger partial charge in [0.05, 0.1) is 29.0 Å². The molecule has 1 saturated heterocycles. The Morgan fingerprint density at radius 1 is 1.14 bits per heavy atom. The van der Waals surface area contributed by atoms with Gasteiger partial charge in [-0.15, -0.1) is 11.3 Å². The molecule has 1 amide bonds. The van der Waals surface area contributed by atoms with Gasteiger partial charge in [-0.25, -0.2) is 30.4 Å². The summed E-state index contributed by atoms with van der Waals surface area (Å²) < 4.78 is 6.49. The third kappa shape index (κ3) is 4.56. The van der Waals surface area contributed by atoms with Crippen molar-refractivity contribution in [3.63, 3.8) is 0 Å². The van der Waals surface area contributed by atoms with Gasteiger partial charge in [0.15, 0.2) is 11.6 Å². The minimum atomic E-state index is -0.670. The van der Waals surface area contributed by atoms with Crippen LogP contribution in [-0.2, 0) is 4.74 Å². The van der Waals surface area contributed by atoms with Gasteiger partial charge >= 0.3 is 0 Å². The van der Waals surface area contributed by atoms with E-state index in [0.717, 1.165) is 45.5 Å². The van der Waals surface area contributed by atoms with E-state index in [1.165, 1.54) is 23.7 Å². The van der Waals surface area contributed by atoms with Crippen LogP contribution in [0.4, 0.5) is 22.6 Å². The number of aromatic nitrogens is 5. The first kappa shape index (κ1) is 22.8. The van der Waals surface area contributed by atoms with Crippen LogP contribution in [0.5, 0.6) is 0 Å². The molecule has 35 heavy (non-hydrogen) atoms. The van der Waals surface area contributed by atoms with E-state index in [0.29, 0.717) is 25.0 Å². The highest BCUT2D eigenvalue weighted by Gasteiger charge is 2.22. The second-order valence-corrected chi connectivity index (χ2v) is 8.75. The lowest BCUT2D eigenvalue weighted by molar-refractivity contribution is 0.0705. The Kier molecular flexibility index (Phi) is 6.35. The molecule has 5 rings (SSSR count). The number of carbonyl (C=O) groups is 1. The Hall–Kier alpha value is -3.94. The number of nitrogens with one attached hydrogen (secondary N) is 2. The molecule has 1 aliphatic heterocycles. The van der Waals surface area contributed by atoms with Crippen molar-refractivity contribution in [2.75, 3.05) is 55.5 Å². The molecular formula is C22H23N9O3S. The normalized spacial score (nSPS) is 13.6. The molecule has 1 fully saturated rings. The number of carbonyl (C=O) groups excluding carboxylic acids is 1. The van der Waals surface area contributed by atoms with Crippen LogP contribution < -0.4 is 20.6 Å². The van der Waals surface area contributed by atoms with Crippen molar-refractivity contribution >= 4 is 50.0 Å². The molecule has 180 valence electrons. The maximum atomic E-state index is 11.6. The Labute approximate surface area is 204 Å². The van der Waals surface area contributed by atoms with Crippen molar-refractivity contribution in [1.29, 1.82) is 0 Å². The molecule has 0 aliphatic carbocycles. The van der Waals surface area contributed by atoms with E-state index in [1.54, 1.807) is 11.7 Å². The summed E-state index contributed by atoms with van der Waals surface area (Å²) in [6.07, 6.45) is 4.47. The smallest absolute Gasteiger partial charge is 0.277 e. The van der Waals surface area contributed by atoms with E-state index in [9.17, 15) is 4.79 Å². The number of hydrogen-bond acceptors (Lipinski definition) is 12. The number of ether oxygens (including phenoxy) is 1. The highest BCUT2D eigenvalue weighted by Crippen LogP contribution is 2.39. The number of amides is 1. The fourth-order valence-electron chi connectivity index (χ4n) is 3.63. The number of thiophene rings is 1. The molecule has 0 radical (unpaired) electrons. The molecule has 0 aromatic carbocycles. The molecule has 4 aromatic heterocycles. The fourth-order valence-corrected chi connectivity index (χ4v) is 4.71. The standard InChI is InChI=1S/C22H23N9O3S/c1-23-16-4-3-13(10-24-16)19-27-15-9-17(30(2)22-25-11-14(12-26-22)21(32)29-33)35-18(15)20(28-19)31-5-7-34-8-6-31/h3-4,9-12,33H,5-8H2,1-2H3,(H,23,24)(H,29,32). The monoisotopic (exact) mass is 493 g/mol. The number of rotatable bonds is 6. The van der Waals surface area contributed by atoms with Crippen LogP contribution in [0.3, 0.4) is 0 Å². The van der Waals surface area contributed by atoms with Crippen molar-refractivity contribution in [2.45, 2.75) is 0 Å². The first-order valence-electron chi connectivity index (χ1n) is 10.9. The molecule has 0 spiro atoms. The Balaban J connectivity index is 1.55. The summed E-state index contributed by atoms with van der Waals surface area (Å²) in [7, 11) is 3.66. The fraction of sp³-hybridized carbons (Fsp3) is 0.273. The van der Waals surface area contributed by atoms with Gasteiger partial charge in [-0.3, -0.25) is 10.0 Å². The topological polar surface area (TPSA) is 142 Å². The van der Waals surface area contributed by atoms with Crippen LogP contribution in [-0.4, -0.2) is 76.4 Å². The number of hydrogen-bond donors (Lipinski definition) is 3. The van der Waals surface area contributed by atoms with Crippen molar-refractivity contribution in [2.24, 2.45) is 0 Å². The Morgan fingerprint density at radius 2 is 1.91 bits per heavy atom. The van der Waals surface area contributed by atoms with E-state index in [2.05, 4.69) is 25.2 Å². The van der Waals surface area contributed by atoms with Crippen LogP contribution >= 0.6 is 11.3 Å². The van der Waals surface area contributed by atoms with E-state index < -0.39 is 5.91 Å². The quantitative estimate of drug-likeness (QED) is 0.269. The van der Waals surface area contributed by atoms with Crippen LogP contribution in [0, 0.1) is 0 Å². The molecule has 5 heterocycles. The SMILES string of the molecule is CNc1ccc(-c2nc(N3CCOCC3)c3sc(N(C)c4ncc(C(=O)NO)cn4)cc3n2)cn1. The molecule has 1 aliphatic rings. The van der Waals surface area contributed by atoms with Gasteiger partial charge in [0.2, 0.25) is 5.95 Å². The van der Waals surface area contributed by atoms with Gasteiger partial charge < -0.3 is 19.9 Å². The number of fused-ring (bicyclic) bond motifs is 1. The average Bonchev–Trinajstić information content (AvgIpc) is 3.36. The van der Waals surface area contributed by atoms with Gasteiger partial charge in [0, 0.05) is 51.3 Å². The third-order valence-electron chi connectivity index (χ3n) is 5.56. The number of morpholine rings is 1. The molecule has 4 aromatic rings. The Morgan fingerprint density at radius 3 is 2.57 bits per heavy atom. The summed E-state index contributed by atoms with van der Waals surface area (Å²) in [4.78, 5) is 38.3. The van der Waals surface area contributed by atoms with Crippen LogP contribution in [0.15, 0.2) is 36.8 Å². The molecule has 12 nitrogen and oxygen atoms in total. The molecule has 3 N–H and O–H groups in total. The number of pyridine rings is 1. The zero-order valence-corrected chi connectivity index (χ0v) is 19.9. The minimum absolute atomic E-state index is 0.156. The highest BCUT2D eigenvalue weighted by molar-refractivity contribution is 7.23. The lowest BCUT2D eigenvalue weighted by atomic mass is 10.2. The summed E-state index contributed by atoms with van der Waals surface area (Å²) in [5, 5.41) is 12.7. The highest BCUT2D eigenvalue weighted by atomic mass is 32.1. The van der Waals surface area contributed by atoms with Crippen molar-refractivity contribution < 1.29 is 14.7 Å². The predicted molar refractivity (Wildman–Crippen MR) is 133 cm³/mol. The molecule has 0 atom stereocenters. The van der Waals surface area contributed by atoms with Crippen LogP contribution in [0.1, 0.15) is 10.4 Å². The van der Waals surface area contributed by atoms with Gasteiger partial charge in [-0.05, 0) is 18.2 Å². The van der Waals surface area contributed by atoms with E-state index >= 15 is 0 Å². The zero-order chi connectivity index (χ0) is 24.4. The Bertz CT molecular complexity index is 1340. The van der Waals surface area contributed by atoms with Crippen molar-refractivity contribution in [3.05, 3.63) is 42.4 Å². The summed E-state index contributed by atoms with van der Waals surface area (Å²) in [6.45, 7) is 2.75. The molecule has 0 bridgehead atoms. The number of nitrogens with zero attached hydrogens (tertiary/aromatic N) is 7. The largest absolute Gasteiger partial charge is 0.378 e. The lowest BCUT2D eigenvalue weighted by Crippen LogP contribution is -2.36. The zero-order valence-electron chi connectivity index (χ0n) is 19.1. The maximum Gasteiger partial charge on any atom is 0.277 e. The first-order valence-corrected chi connectivity index (χ1v) is 11.7. The maximum absolute atomic E-state index is 11.6. The van der Waals surface area contributed by atoms with E-state index in [1.807, 2.05) is 37.2 Å². The minimum Gasteiger partial charge on any atom is -0.378 e. The summed E-state index contributed by atoms with van der Waals surface area (Å²) >= 11 is 1.54. The molecule has 0 saturated carbocycles. The molecule has 0 unspecified atom stereocenters. The predicted octanol–water partition coefficient (Wildman–Crippen LogP) is 2.31. The summed E-state index contributed by atoms with van der Waals surface area (Å²) in [5.74, 6) is 1.95. The lowest BCUT2D eigenvalue weighted by Gasteiger charge is -2.28. The van der Waals surface area contributed by atoms with Crippen molar-refractivity contribution in [1.82, 2.24) is 30.4 Å². The number of hydroxylamine groups is 1. The van der Waals surface area contributed by atoms with E-state index in [4.69, 9.17) is 19.9 Å². The number of anilines is 4. The van der Waals surface area contributed by atoms with Gasteiger partial charge in [-0.1, -0.05) is 0 Å². The third-order valence-corrected chi connectivity index (χ3v) is 6.76. The van der Waals surface area contributed by atoms with Gasteiger partial charge in [-0.2, -0.15) is 0 Å². The average molecular weight is 494 g/mol. The summed E-state index contributed by atoms with van der Waals surface area (Å²) in [6, 6.07) is 5.81. The second kappa shape index (κ2) is 9.74. The molecule has 13 heteroatoms. The second-order valence-electron chi connectivity index (χ2n) is 7.72. The van der Waals surface area contributed by atoms with Crippen LogP contribution in [0.25, 0.3) is 21.6 Å². The van der Waals surface area contributed by atoms with Gasteiger partial charge in [0.25, 0.3) is 5.91 Å². The summed E-state index contributed by atoms with van der Waals surface area (Å²) in [5.41, 5.74) is 3.36. The van der Waals surface area contributed by atoms with Gasteiger partial charge in [0.1, 0.15) is 10.8 Å².